The summed E-state index contributed by atoms with van der Waals surface area (Å²) in [6.45, 7) is 3.22. The van der Waals surface area contributed by atoms with E-state index in [0.29, 0.717) is 12.8 Å². The highest BCUT2D eigenvalue weighted by molar-refractivity contribution is 6.27. The maximum atomic E-state index is 12.6. The number of Topliss-reactive ketones (excluding diaryl/α,β-unsaturated/α-hetero) is 1. The number of hydrogen-bond acceptors (Lipinski definition) is 5. The highest BCUT2D eigenvalue weighted by atomic mass is 35.5. The number of rotatable bonds is 12. The monoisotopic (exact) mass is 352 g/mol. The first kappa shape index (κ1) is 21.5. The van der Waals surface area contributed by atoms with E-state index in [2.05, 4.69) is 0 Å². The Hall–Kier alpha value is -0.490. The first-order chi connectivity index (χ1) is 10.4. The number of nitrogens with one attached hydrogen (secondary N) is 2. The minimum atomic E-state index is -0.862. The van der Waals surface area contributed by atoms with Gasteiger partial charge in [-0.1, -0.05) is 13.8 Å². The molecule has 0 aromatic heterocycles. The number of carbonyl (C=O) groups is 1. The molecule has 4 N–H and O–H groups in total. The van der Waals surface area contributed by atoms with Gasteiger partial charge in [-0.15, -0.1) is 23.2 Å². The summed E-state index contributed by atoms with van der Waals surface area (Å²) in [6, 6.07) is 0. The fourth-order valence-corrected chi connectivity index (χ4v) is 2.97. The molecule has 0 saturated carbocycles. The number of ketones is 1. The van der Waals surface area contributed by atoms with Crippen LogP contribution in [-0.2, 0) is 4.79 Å². The average molecular weight is 353 g/mol. The molecule has 0 radical (unpaired) electrons. The fraction of sp³-hybridized carbons (Fsp3) is 0.800. The molecule has 0 aromatic rings. The van der Waals surface area contributed by atoms with Crippen LogP contribution in [0.3, 0.4) is 0 Å². The largest absolute Gasteiger partial charge is 0.396 e. The van der Waals surface area contributed by atoms with Gasteiger partial charge in [0.05, 0.1) is 25.0 Å². The van der Waals surface area contributed by atoms with Gasteiger partial charge < -0.3 is 21.0 Å². The zero-order valence-corrected chi connectivity index (χ0v) is 14.6. The Morgan fingerprint density at radius 3 is 1.41 bits per heavy atom. The van der Waals surface area contributed by atoms with Crippen LogP contribution in [0.25, 0.3) is 0 Å². The van der Waals surface area contributed by atoms with Crippen LogP contribution < -0.4 is 0 Å². The Kier molecular flexibility index (Phi) is 10.9. The van der Waals surface area contributed by atoms with Crippen molar-refractivity contribution in [2.24, 2.45) is 23.7 Å². The van der Waals surface area contributed by atoms with E-state index in [1.807, 2.05) is 13.8 Å². The van der Waals surface area contributed by atoms with E-state index < -0.39 is 23.7 Å². The van der Waals surface area contributed by atoms with Gasteiger partial charge in [-0.3, -0.25) is 4.79 Å². The van der Waals surface area contributed by atoms with Gasteiger partial charge >= 0.3 is 0 Å². The third-order valence-electron chi connectivity index (χ3n) is 4.05. The maximum Gasteiger partial charge on any atom is 0.152 e. The van der Waals surface area contributed by atoms with Crippen molar-refractivity contribution in [3.63, 3.8) is 0 Å². The van der Waals surface area contributed by atoms with E-state index in [9.17, 15) is 15.0 Å². The second-order valence-corrected chi connectivity index (χ2v) is 5.92. The molecule has 0 heterocycles. The third-order valence-corrected chi connectivity index (χ3v) is 4.67. The van der Waals surface area contributed by atoms with Gasteiger partial charge in [-0.25, -0.2) is 0 Å². The summed E-state index contributed by atoms with van der Waals surface area (Å²) in [5, 5.41) is 34.8. The molecule has 4 unspecified atom stereocenters. The quantitative estimate of drug-likeness (QED) is 0.320. The van der Waals surface area contributed by atoms with Crippen molar-refractivity contribution >= 4 is 40.4 Å². The Bertz CT molecular complexity index is 349. The van der Waals surface area contributed by atoms with E-state index in [1.54, 1.807) is 0 Å². The van der Waals surface area contributed by atoms with Crippen LogP contribution in [0.1, 0.15) is 26.7 Å². The number of aliphatic hydroxyl groups is 2. The highest BCUT2D eigenvalue weighted by Crippen LogP contribution is 2.22. The van der Waals surface area contributed by atoms with Gasteiger partial charge in [0, 0.05) is 35.0 Å². The van der Waals surface area contributed by atoms with Gasteiger partial charge in [-0.2, -0.15) is 0 Å². The average Bonchev–Trinajstić information content (AvgIpc) is 2.51. The lowest BCUT2D eigenvalue weighted by atomic mass is 9.80. The SMILES string of the molecule is CCC(CO)C(=N)C(CCl)C(=O)C(CCl)C(=N)C(CC)CO. The summed E-state index contributed by atoms with van der Waals surface area (Å²) in [6.07, 6.45) is 1.07. The molecule has 0 bridgehead atoms. The molecule has 0 saturated heterocycles. The van der Waals surface area contributed by atoms with Crippen molar-refractivity contribution in [3.05, 3.63) is 0 Å². The van der Waals surface area contributed by atoms with Crippen molar-refractivity contribution in [2.75, 3.05) is 25.0 Å². The molecule has 4 atom stereocenters. The number of alkyl halides is 2. The van der Waals surface area contributed by atoms with E-state index in [4.69, 9.17) is 34.0 Å². The van der Waals surface area contributed by atoms with Crippen molar-refractivity contribution < 1.29 is 15.0 Å². The Balaban J connectivity index is 5.29. The maximum absolute atomic E-state index is 12.6. The molecular weight excluding hydrogens is 327 g/mol. The van der Waals surface area contributed by atoms with Gasteiger partial charge in [-0.05, 0) is 12.8 Å². The van der Waals surface area contributed by atoms with E-state index in [1.165, 1.54) is 0 Å². The molecule has 5 nitrogen and oxygen atoms in total. The van der Waals surface area contributed by atoms with Gasteiger partial charge in [0.25, 0.3) is 0 Å². The smallest absolute Gasteiger partial charge is 0.152 e. The molecular formula is C15H26Cl2N2O3. The molecule has 128 valence electrons. The molecule has 0 rings (SSSR count). The molecule has 22 heavy (non-hydrogen) atoms. The van der Waals surface area contributed by atoms with Crippen LogP contribution in [-0.4, -0.2) is 52.4 Å². The Morgan fingerprint density at radius 1 is 0.909 bits per heavy atom. The molecule has 7 heteroatoms. The molecule has 0 aliphatic heterocycles. The van der Waals surface area contributed by atoms with Crippen LogP contribution in [0, 0.1) is 34.5 Å². The molecule has 0 fully saturated rings. The summed E-state index contributed by atoms with van der Waals surface area (Å²) in [5.41, 5.74) is 0.176. The van der Waals surface area contributed by atoms with Crippen molar-refractivity contribution in [1.82, 2.24) is 0 Å². The minimum Gasteiger partial charge on any atom is -0.396 e. The van der Waals surface area contributed by atoms with Crippen molar-refractivity contribution in [1.29, 1.82) is 10.8 Å². The van der Waals surface area contributed by atoms with Gasteiger partial charge in [0.1, 0.15) is 0 Å². The summed E-state index contributed by atoms with van der Waals surface area (Å²) in [5.74, 6) is -3.09. The molecule has 0 aliphatic carbocycles. The summed E-state index contributed by atoms with van der Waals surface area (Å²) in [4.78, 5) is 12.6. The summed E-state index contributed by atoms with van der Waals surface area (Å²) in [7, 11) is 0. The second kappa shape index (κ2) is 11.1. The van der Waals surface area contributed by atoms with Crippen LogP contribution in [0.2, 0.25) is 0 Å². The van der Waals surface area contributed by atoms with E-state index in [-0.39, 0.29) is 42.2 Å². The summed E-state index contributed by atoms with van der Waals surface area (Å²) >= 11 is 11.7. The lowest BCUT2D eigenvalue weighted by Gasteiger charge is -2.26. The second-order valence-electron chi connectivity index (χ2n) is 5.30. The topological polar surface area (TPSA) is 105 Å². The predicted octanol–water partition coefficient (Wildman–Crippen LogP) is 2.34. The Labute approximate surface area is 142 Å². The minimum absolute atomic E-state index is 0.0786. The normalized spacial score (nSPS) is 16.6. The number of hydrogen-bond donors (Lipinski definition) is 4. The molecule has 0 amide bonds. The van der Waals surface area contributed by atoms with Crippen LogP contribution >= 0.6 is 23.2 Å². The van der Waals surface area contributed by atoms with Crippen LogP contribution in [0.4, 0.5) is 0 Å². The third kappa shape index (κ3) is 5.30. The zero-order valence-electron chi connectivity index (χ0n) is 13.1. The molecule has 0 aromatic carbocycles. The van der Waals surface area contributed by atoms with Crippen molar-refractivity contribution in [3.8, 4) is 0 Å². The molecule has 0 aliphatic rings. The van der Waals surface area contributed by atoms with Gasteiger partial charge in [0.15, 0.2) is 5.78 Å². The lowest BCUT2D eigenvalue weighted by molar-refractivity contribution is -0.122. The lowest BCUT2D eigenvalue weighted by Crippen LogP contribution is -2.41. The Morgan fingerprint density at radius 2 is 1.23 bits per heavy atom. The number of aliphatic hydroxyl groups excluding tert-OH is 2. The van der Waals surface area contributed by atoms with Crippen molar-refractivity contribution in [2.45, 2.75) is 26.7 Å². The van der Waals surface area contributed by atoms with Crippen LogP contribution in [0.5, 0.6) is 0 Å². The summed E-state index contributed by atoms with van der Waals surface area (Å²) < 4.78 is 0. The zero-order chi connectivity index (χ0) is 17.3. The first-order valence-corrected chi connectivity index (χ1v) is 8.54. The van der Waals surface area contributed by atoms with E-state index in [0.717, 1.165) is 0 Å². The molecule has 0 spiro atoms. The van der Waals surface area contributed by atoms with Gasteiger partial charge in [0.2, 0.25) is 0 Å². The number of carbonyl (C=O) groups excluding carboxylic acids is 1. The highest BCUT2D eigenvalue weighted by Gasteiger charge is 2.35. The first-order valence-electron chi connectivity index (χ1n) is 7.47. The predicted molar refractivity (Wildman–Crippen MR) is 90.6 cm³/mol. The number of halogens is 2. The standard InChI is InChI=1S/C15H26Cl2N2O3/c1-3-9(7-20)13(18)11(5-16)15(22)12(6-17)14(19)10(4-2)8-21/h9-12,18-21H,3-8H2,1-2H3. The fourth-order valence-electron chi connectivity index (χ4n) is 2.33. The van der Waals surface area contributed by atoms with E-state index >= 15 is 0 Å². The van der Waals surface area contributed by atoms with Crippen LogP contribution in [0.15, 0.2) is 0 Å².